The highest BCUT2D eigenvalue weighted by Crippen LogP contribution is 2.55. The normalized spacial score (nSPS) is 27.7. The van der Waals surface area contributed by atoms with E-state index < -0.39 is 25.8 Å². The molecular weight excluding hydrogens is 553 g/mol. The molecule has 6 rings (SSSR count). The molecule has 202 valence electrons. The first-order valence-corrected chi connectivity index (χ1v) is 16.7. The molecule has 4 aliphatic rings. The number of nitrogens with one attached hydrogen (secondary N) is 1. The number of hydrogen-bond acceptors (Lipinski definition) is 8. The van der Waals surface area contributed by atoms with Crippen LogP contribution in [-0.2, 0) is 37.6 Å². The average molecular weight is 580 g/mol. The molecule has 3 heterocycles. The molecule has 0 radical (unpaired) electrons. The predicted octanol–water partition coefficient (Wildman–Crippen LogP) is 3.26. The molecule has 4 atom stereocenters. The summed E-state index contributed by atoms with van der Waals surface area (Å²) in [5, 5.41) is 16.1. The Labute approximate surface area is 224 Å². The van der Waals surface area contributed by atoms with E-state index in [4.69, 9.17) is 0 Å². The minimum Gasteiger partial charge on any atom is -0.511 e. The van der Waals surface area contributed by atoms with Crippen molar-refractivity contribution in [3.8, 4) is 0 Å². The predicted molar refractivity (Wildman–Crippen MR) is 141 cm³/mol. The Balaban J connectivity index is 1.39. The van der Waals surface area contributed by atoms with Crippen LogP contribution in [0.25, 0.3) is 0 Å². The smallest absolute Gasteiger partial charge is 0.287 e. The van der Waals surface area contributed by atoms with E-state index in [0.717, 1.165) is 42.4 Å². The maximum atomic E-state index is 13.9. The van der Waals surface area contributed by atoms with Gasteiger partial charge in [0, 0.05) is 24.8 Å². The van der Waals surface area contributed by atoms with Gasteiger partial charge in [-0.2, -0.15) is 8.42 Å². The Bertz CT molecular complexity index is 1610. The fourth-order valence-electron chi connectivity index (χ4n) is 6.46. The fourth-order valence-corrected chi connectivity index (χ4v) is 9.72. The molecule has 1 aromatic carbocycles. The Morgan fingerprint density at radius 3 is 2.63 bits per heavy atom. The number of sulfone groups is 1. The summed E-state index contributed by atoms with van der Waals surface area (Å²) in [6, 6.07) is 5.65. The third-order valence-corrected chi connectivity index (χ3v) is 11.5. The van der Waals surface area contributed by atoms with Crippen molar-refractivity contribution in [2.24, 2.45) is 22.2 Å². The number of amidine groups is 1. The molecule has 0 spiro atoms. The lowest BCUT2D eigenvalue weighted by molar-refractivity contribution is -0.134. The first-order chi connectivity index (χ1) is 17.9. The van der Waals surface area contributed by atoms with Gasteiger partial charge in [-0.25, -0.2) is 12.8 Å². The highest BCUT2D eigenvalue weighted by molar-refractivity contribution is 7.91. The van der Waals surface area contributed by atoms with E-state index in [2.05, 4.69) is 9.71 Å². The lowest BCUT2D eigenvalue weighted by Gasteiger charge is -2.44. The minimum atomic E-state index is -4.27. The van der Waals surface area contributed by atoms with Gasteiger partial charge in [-0.1, -0.05) is 12.1 Å². The zero-order valence-electron chi connectivity index (χ0n) is 20.4. The number of aliphatic hydroxyl groups is 1. The molecule has 38 heavy (non-hydrogen) atoms. The monoisotopic (exact) mass is 579 g/mol. The Morgan fingerprint density at radius 1 is 1.21 bits per heavy atom. The van der Waals surface area contributed by atoms with E-state index in [1.54, 1.807) is 22.4 Å². The number of nitrogens with zero attached hydrogens (tertiary/aromatic N) is 2. The number of carbonyl (C=O) groups excluding carboxylic acids is 1. The summed E-state index contributed by atoms with van der Waals surface area (Å²) in [4.78, 5) is 15.5. The standard InChI is InChI=1S/C25H26FN3O6S3/c1-37(32,33)9-8-16-12-36-24-22(16)38(34,35)28-23(27-24)19-21(30)18-14-4-5-15(10-14)20(18)29(25(19)31)11-13-2-6-17(26)7-3-13/h2-3,6-7,12,14-15,18,20,30H,4-5,8-11H2,1H3,(H,27,28). The van der Waals surface area contributed by atoms with Crippen LogP contribution in [0.15, 0.2) is 50.3 Å². The van der Waals surface area contributed by atoms with E-state index in [1.807, 2.05) is 0 Å². The van der Waals surface area contributed by atoms with Crippen LogP contribution in [0.5, 0.6) is 0 Å². The second-order valence-electron chi connectivity index (χ2n) is 10.5. The van der Waals surface area contributed by atoms with Crippen LogP contribution in [0.2, 0.25) is 0 Å². The average Bonchev–Trinajstić information content (AvgIpc) is 3.56. The number of amides is 1. The second kappa shape index (κ2) is 8.88. The summed E-state index contributed by atoms with van der Waals surface area (Å²) in [5.74, 6) is -1.43. The minimum absolute atomic E-state index is 0.0155. The maximum Gasteiger partial charge on any atom is 0.287 e. The van der Waals surface area contributed by atoms with Crippen molar-refractivity contribution in [3.05, 3.63) is 57.9 Å². The number of aliphatic hydroxyl groups excluding tert-OH is 1. The SMILES string of the molecule is CS(=O)(=O)CCc1csc2c1S(=O)(=O)N=C(C1=C(O)C3C4CCC(C4)C3N(Cc3ccc(F)cc3)C1=O)N2. The Morgan fingerprint density at radius 2 is 1.92 bits per heavy atom. The van der Waals surface area contributed by atoms with Crippen LogP contribution in [0.3, 0.4) is 0 Å². The van der Waals surface area contributed by atoms with Gasteiger partial charge in [0.05, 0.1) is 5.75 Å². The molecule has 2 aliphatic heterocycles. The zero-order valence-corrected chi connectivity index (χ0v) is 22.9. The highest BCUT2D eigenvalue weighted by Gasteiger charge is 2.57. The molecular formula is C25H26FN3O6S3. The van der Waals surface area contributed by atoms with Gasteiger partial charge in [0.25, 0.3) is 15.9 Å². The number of hydrogen-bond donors (Lipinski definition) is 2. The topological polar surface area (TPSA) is 133 Å². The Hall–Kier alpha value is -2.77. The van der Waals surface area contributed by atoms with Crippen molar-refractivity contribution < 1.29 is 31.1 Å². The third kappa shape index (κ3) is 4.24. The highest BCUT2D eigenvalue weighted by atomic mass is 32.2. The fraction of sp³-hybridized carbons (Fsp3) is 0.440. The molecule has 13 heteroatoms. The first-order valence-electron chi connectivity index (χ1n) is 12.3. The molecule has 9 nitrogen and oxygen atoms in total. The second-order valence-corrected chi connectivity index (χ2v) is 15.2. The lowest BCUT2D eigenvalue weighted by Crippen LogP contribution is -2.53. The van der Waals surface area contributed by atoms with Crippen molar-refractivity contribution in [1.82, 2.24) is 4.90 Å². The van der Waals surface area contributed by atoms with Gasteiger partial charge in [0.15, 0.2) is 5.84 Å². The molecule has 2 aromatic rings. The molecule has 2 bridgehead atoms. The number of rotatable bonds is 6. The van der Waals surface area contributed by atoms with Crippen molar-refractivity contribution in [1.29, 1.82) is 0 Å². The summed E-state index contributed by atoms with van der Waals surface area (Å²) < 4.78 is 67.2. The van der Waals surface area contributed by atoms with Crippen LogP contribution in [0.1, 0.15) is 30.4 Å². The number of anilines is 1. The number of halogens is 1. The van der Waals surface area contributed by atoms with E-state index in [0.29, 0.717) is 5.56 Å². The van der Waals surface area contributed by atoms with E-state index in [9.17, 15) is 31.1 Å². The summed E-state index contributed by atoms with van der Waals surface area (Å²) in [7, 11) is -7.58. The van der Waals surface area contributed by atoms with Crippen LogP contribution >= 0.6 is 11.3 Å². The van der Waals surface area contributed by atoms with E-state index in [1.165, 1.54) is 12.1 Å². The van der Waals surface area contributed by atoms with E-state index >= 15 is 0 Å². The van der Waals surface area contributed by atoms with Crippen LogP contribution in [0.4, 0.5) is 9.39 Å². The molecule has 2 saturated carbocycles. The van der Waals surface area contributed by atoms with Gasteiger partial charge in [0.2, 0.25) is 0 Å². The lowest BCUT2D eigenvalue weighted by atomic mass is 9.77. The number of thiophene rings is 1. The molecule has 1 aromatic heterocycles. The first kappa shape index (κ1) is 25.5. The van der Waals surface area contributed by atoms with Crippen LogP contribution in [0, 0.1) is 23.6 Å². The number of fused-ring (bicyclic) bond motifs is 6. The molecule has 4 unspecified atom stereocenters. The summed E-state index contributed by atoms with van der Waals surface area (Å²) in [5.41, 5.74) is 0.899. The zero-order chi connectivity index (χ0) is 27.0. The van der Waals surface area contributed by atoms with Gasteiger partial charge < -0.3 is 15.3 Å². The third-order valence-electron chi connectivity index (χ3n) is 8.04. The number of benzene rings is 1. The van der Waals surface area contributed by atoms with E-state index in [-0.39, 0.29) is 75.4 Å². The summed E-state index contributed by atoms with van der Waals surface area (Å²) in [6.45, 7) is 0.195. The molecule has 2 aliphatic carbocycles. The van der Waals surface area contributed by atoms with Crippen LogP contribution < -0.4 is 5.32 Å². The molecule has 1 amide bonds. The summed E-state index contributed by atoms with van der Waals surface area (Å²) in [6.07, 6.45) is 3.83. The van der Waals surface area contributed by atoms with Gasteiger partial charge in [-0.15, -0.1) is 15.7 Å². The van der Waals surface area contributed by atoms with Crippen molar-refractivity contribution in [2.45, 2.75) is 43.2 Å². The summed E-state index contributed by atoms with van der Waals surface area (Å²) >= 11 is 1.08. The largest absolute Gasteiger partial charge is 0.511 e. The van der Waals surface area contributed by atoms with Gasteiger partial charge in [0.1, 0.15) is 36.9 Å². The van der Waals surface area contributed by atoms with Gasteiger partial charge in [-0.05, 0) is 66.2 Å². The number of sulfonamides is 1. The molecule has 2 fully saturated rings. The van der Waals surface area contributed by atoms with Gasteiger partial charge in [-0.3, -0.25) is 4.79 Å². The quantitative estimate of drug-likeness (QED) is 0.537. The van der Waals surface area contributed by atoms with Crippen molar-refractivity contribution in [3.63, 3.8) is 0 Å². The van der Waals surface area contributed by atoms with Crippen LogP contribution in [-0.4, -0.2) is 56.6 Å². The number of carbonyl (C=O) groups is 1. The number of aryl methyl sites for hydroxylation is 1. The Kier molecular flexibility index (Phi) is 5.96. The maximum absolute atomic E-state index is 13.9. The molecule has 2 N–H and O–H groups in total. The van der Waals surface area contributed by atoms with Crippen molar-refractivity contribution in [2.75, 3.05) is 17.3 Å². The van der Waals surface area contributed by atoms with Crippen molar-refractivity contribution >= 4 is 47.9 Å². The molecule has 0 saturated heterocycles. The van der Waals surface area contributed by atoms with Gasteiger partial charge >= 0.3 is 0 Å².